The molecule has 0 bridgehead atoms. The van der Waals surface area contributed by atoms with Gasteiger partial charge in [0.1, 0.15) is 5.75 Å². The van der Waals surface area contributed by atoms with E-state index >= 15 is 0 Å². The minimum atomic E-state index is -1.07. The van der Waals surface area contributed by atoms with Crippen LogP contribution in [0.4, 0.5) is 5.69 Å². The first kappa shape index (κ1) is 24.4. The maximum atomic E-state index is 12.4. The lowest BCUT2D eigenvalue weighted by atomic mass is 10.2. The van der Waals surface area contributed by atoms with Crippen molar-refractivity contribution >= 4 is 29.5 Å². The smallest absolute Gasteiger partial charge is 0.303 e. The van der Waals surface area contributed by atoms with E-state index in [-0.39, 0.29) is 26.2 Å². The maximum absolute atomic E-state index is 12.4. The lowest BCUT2D eigenvalue weighted by Crippen LogP contribution is -2.51. The molecule has 0 spiro atoms. The van der Waals surface area contributed by atoms with Gasteiger partial charge in [0, 0.05) is 24.7 Å². The molecule has 2 amide bonds. The topological polar surface area (TPSA) is 137 Å². The van der Waals surface area contributed by atoms with Crippen LogP contribution in [0.1, 0.15) is 18.4 Å². The van der Waals surface area contributed by atoms with E-state index in [2.05, 4.69) is 16.0 Å². The second-order valence-corrected chi connectivity index (χ2v) is 6.71. The SMILES string of the molecule is O=C(O)CCCOc1ccc(NC(NC(=O)C=Cc2ccccc2)C(=O)NCCO)cc1. The number of aliphatic hydroxyl groups is 1. The van der Waals surface area contributed by atoms with Gasteiger partial charge in [0.05, 0.1) is 13.2 Å². The number of benzene rings is 2. The van der Waals surface area contributed by atoms with E-state index in [1.165, 1.54) is 6.08 Å². The summed E-state index contributed by atoms with van der Waals surface area (Å²) in [6, 6.07) is 15.9. The molecule has 2 aromatic carbocycles. The van der Waals surface area contributed by atoms with Crippen LogP contribution in [0, 0.1) is 0 Å². The molecule has 32 heavy (non-hydrogen) atoms. The summed E-state index contributed by atoms with van der Waals surface area (Å²) in [6.45, 7) is 0.0964. The van der Waals surface area contributed by atoms with Crippen molar-refractivity contribution in [3.63, 3.8) is 0 Å². The number of hydrogen-bond donors (Lipinski definition) is 5. The number of anilines is 1. The van der Waals surface area contributed by atoms with Crippen LogP contribution in [-0.4, -0.2) is 53.9 Å². The molecule has 0 heterocycles. The quantitative estimate of drug-likeness (QED) is 0.181. The van der Waals surface area contributed by atoms with Gasteiger partial charge < -0.3 is 30.9 Å². The van der Waals surface area contributed by atoms with Crippen molar-refractivity contribution in [2.24, 2.45) is 0 Å². The second-order valence-electron chi connectivity index (χ2n) is 6.71. The molecule has 9 heteroatoms. The molecule has 1 unspecified atom stereocenters. The molecule has 170 valence electrons. The zero-order chi connectivity index (χ0) is 23.2. The molecule has 0 aliphatic rings. The summed E-state index contributed by atoms with van der Waals surface area (Å²) in [5.41, 5.74) is 1.40. The molecule has 5 N–H and O–H groups in total. The van der Waals surface area contributed by atoms with E-state index in [1.807, 2.05) is 30.3 Å². The third kappa shape index (κ3) is 9.31. The first-order valence-corrected chi connectivity index (χ1v) is 10.1. The van der Waals surface area contributed by atoms with E-state index < -0.39 is 23.9 Å². The number of carbonyl (C=O) groups is 3. The minimum absolute atomic E-state index is 0.0304. The van der Waals surface area contributed by atoms with Gasteiger partial charge >= 0.3 is 5.97 Å². The Kier molecular flexibility index (Phi) is 10.3. The molecule has 2 rings (SSSR count). The number of carboxylic acids is 1. The average Bonchev–Trinajstić information content (AvgIpc) is 2.80. The van der Waals surface area contributed by atoms with Crippen molar-refractivity contribution in [2.75, 3.05) is 25.1 Å². The van der Waals surface area contributed by atoms with Crippen molar-refractivity contribution in [1.82, 2.24) is 10.6 Å². The number of hydrogen-bond acceptors (Lipinski definition) is 6. The highest BCUT2D eigenvalue weighted by Gasteiger charge is 2.19. The van der Waals surface area contributed by atoms with Crippen LogP contribution in [0.5, 0.6) is 5.75 Å². The molecule has 0 saturated heterocycles. The standard InChI is InChI=1S/C23H27N3O6/c27-15-14-24-23(31)22(26-20(28)13-8-17-5-2-1-3-6-17)25-18-9-11-19(12-10-18)32-16-4-7-21(29)30/h1-3,5-6,8-13,22,25,27H,4,7,14-16H2,(H,24,31)(H,26,28)(H,29,30). The third-order valence-electron chi connectivity index (χ3n) is 4.16. The van der Waals surface area contributed by atoms with Crippen molar-refractivity contribution in [2.45, 2.75) is 19.0 Å². The Labute approximate surface area is 186 Å². The number of amides is 2. The zero-order valence-corrected chi connectivity index (χ0v) is 17.5. The Morgan fingerprint density at radius 1 is 1.03 bits per heavy atom. The first-order chi connectivity index (χ1) is 15.5. The Morgan fingerprint density at radius 2 is 1.75 bits per heavy atom. The Hall–Kier alpha value is -3.85. The highest BCUT2D eigenvalue weighted by Crippen LogP contribution is 2.16. The molecule has 0 radical (unpaired) electrons. The van der Waals surface area contributed by atoms with Gasteiger partial charge in [-0.15, -0.1) is 0 Å². The highest BCUT2D eigenvalue weighted by atomic mass is 16.5. The molecule has 0 fully saturated rings. The van der Waals surface area contributed by atoms with Crippen LogP contribution in [0.2, 0.25) is 0 Å². The fourth-order valence-corrected chi connectivity index (χ4v) is 2.60. The van der Waals surface area contributed by atoms with Crippen LogP contribution in [0.15, 0.2) is 60.7 Å². The van der Waals surface area contributed by atoms with Crippen molar-refractivity contribution in [3.05, 3.63) is 66.2 Å². The van der Waals surface area contributed by atoms with Gasteiger partial charge in [-0.3, -0.25) is 14.4 Å². The van der Waals surface area contributed by atoms with E-state index in [0.29, 0.717) is 17.9 Å². The summed E-state index contributed by atoms with van der Waals surface area (Å²) in [4.78, 5) is 35.3. The molecule has 0 saturated carbocycles. The minimum Gasteiger partial charge on any atom is -0.494 e. The second kappa shape index (κ2) is 13.5. The van der Waals surface area contributed by atoms with Crippen LogP contribution < -0.4 is 20.7 Å². The number of carbonyl (C=O) groups excluding carboxylic acids is 2. The van der Waals surface area contributed by atoms with Crippen molar-refractivity contribution < 1.29 is 29.3 Å². The summed E-state index contributed by atoms with van der Waals surface area (Å²) in [5.74, 6) is -1.30. The molecule has 9 nitrogen and oxygen atoms in total. The van der Waals surface area contributed by atoms with Gasteiger partial charge in [-0.2, -0.15) is 0 Å². The normalized spacial score (nSPS) is 11.5. The van der Waals surface area contributed by atoms with Gasteiger partial charge in [-0.1, -0.05) is 30.3 Å². The molecule has 0 aliphatic carbocycles. The summed E-state index contributed by atoms with van der Waals surface area (Å²) in [6.07, 6.45) is 2.32. The number of aliphatic hydroxyl groups excluding tert-OH is 1. The lowest BCUT2D eigenvalue weighted by molar-refractivity contribution is -0.137. The molecule has 0 aliphatic heterocycles. The van der Waals surface area contributed by atoms with E-state index in [0.717, 1.165) is 5.56 Å². The highest BCUT2D eigenvalue weighted by molar-refractivity contribution is 5.96. The first-order valence-electron chi connectivity index (χ1n) is 10.1. The number of carboxylic acid groups (broad SMARTS) is 1. The lowest BCUT2D eigenvalue weighted by Gasteiger charge is -2.20. The van der Waals surface area contributed by atoms with Gasteiger partial charge in [-0.25, -0.2) is 0 Å². The number of nitrogens with one attached hydrogen (secondary N) is 3. The fraction of sp³-hybridized carbons (Fsp3) is 0.261. The molecule has 0 aromatic heterocycles. The fourth-order valence-electron chi connectivity index (χ4n) is 2.60. The van der Waals surface area contributed by atoms with E-state index in [1.54, 1.807) is 30.3 Å². The molecular weight excluding hydrogens is 414 g/mol. The van der Waals surface area contributed by atoms with Crippen molar-refractivity contribution in [1.29, 1.82) is 0 Å². The van der Waals surface area contributed by atoms with Crippen LogP contribution in [-0.2, 0) is 14.4 Å². The molecule has 2 aromatic rings. The molecule has 1 atom stereocenters. The summed E-state index contributed by atoms with van der Waals surface area (Å²) in [7, 11) is 0. The van der Waals surface area contributed by atoms with Crippen molar-refractivity contribution in [3.8, 4) is 5.75 Å². The third-order valence-corrected chi connectivity index (χ3v) is 4.16. The predicted molar refractivity (Wildman–Crippen MR) is 120 cm³/mol. The molecular formula is C23H27N3O6. The van der Waals surface area contributed by atoms with Gasteiger partial charge in [0.25, 0.3) is 5.91 Å². The van der Waals surface area contributed by atoms with Gasteiger partial charge in [0.15, 0.2) is 6.17 Å². The van der Waals surface area contributed by atoms with E-state index in [9.17, 15) is 14.4 Å². The summed E-state index contributed by atoms with van der Waals surface area (Å²) >= 11 is 0. The van der Waals surface area contributed by atoms with Gasteiger partial charge in [-0.05, 0) is 42.3 Å². The average molecular weight is 441 g/mol. The Balaban J connectivity index is 1.97. The number of ether oxygens (including phenoxy) is 1. The number of rotatable bonds is 13. The monoisotopic (exact) mass is 441 g/mol. The Bertz CT molecular complexity index is 900. The van der Waals surface area contributed by atoms with Crippen LogP contribution in [0.25, 0.3) is 6.08 Å². The predicted octanol–water partition coefficient (Wildman–Crippen LogP) is 1.61. The zero-order valence-electron chi connectivity index (χ0n) is 17.5. The summed E-state index contributed by atoms with van der Waals surface area (Å²) in [5, 5.41) is 25.6. The van der Waals surface area contributed by atoms with Crippen LogP contribution in [0.3, 0.4) is 0 Å². The van der Waals surface area contributed by atoms with E-state index in [4.69, 9.17) is 14.9 Å². The number of aliphatic carboxylic acids is 1. The Morgan fingerprint density at radius 3 is 2.41 bits per heavy atom. The summed E-state index contributed by atoms with van der Waals surface area (Å²) < 4.78 is 5.48. The largest absolute Gasteiger partial charge is 0.494 e. The maximum Gasteiger partial charge on any atom is 0.303 e. The van der Waals surface area contributed by atoms with Gasteiger partial charge in [0.2, 0.25) is 5.91 Å². The van der Waals surface area contributed by atoms with Crippen LogP contribution >= 0.6 is 0 Å².